The highest BCUT2D eigenvalue weighted by Gasteiger charge is 2.20. The van der Waals surface area contributed by atoms with Crippen molar-refractivity contribution in [2.45, 2.75) is 51.7 Å². The summed E-state index contributed by atoms with van der Waals surface area (Å²) in [6, 6.07) is 14.2. The minimum atomic E-state index is -1.35. The quantitative estimate of drug-likeness (QED) is 0.516. The van der Waals surface area contributed by atoms with E-state index in [1.54, 1.807) is 6.92 Å². The van der Waals surface area contributed by atoms with Gasteiger partial charge in [0.2, 0.25) is 0 Å². The summed E-state index contributed by atoms with van der Waals surface area (Å²) in [5.41, 5.74) is 1.72. The van der Waals surface area contributed by atoms with Crippen molar-refractivity contribution < 1.29 is 13.7 Å². The Balaban J connectivity index is 2.28. The summed E-state index contributed by atoms with van der Waals surface area (Å²) in [6.07, 6.45) is 1.54. The molecule has 0 N–H and O–H groups in total. The number of benzene rings is 2. The monoisotopic (exact) mass is 373 g/mol. The molecule has 26 heavy (non-hydrogen) atoms. The van der Waals surface area contributed by atoms with Crippen molar-refractivity contribution in [2.24, 2.45) is 4.40 Å². The van der Waals surface area contributed by atoms with Gasteiger partial charge in [0.1, 0.15) is 11.0 Å². The van der Waals surface area contributed by atoms with Gasteiger partial charge < -0.3 is 4.74 Å². The predicted octanol–water partition coefficient (Wildman–Crippen LogP) is 4.82. The number of nitrogens with zero attached hydrogens (tertiary/aromatic N) is 1. The number of hydrogen-bond donors (Lipinski definition) is 0. The van der Waals surface area contributed by atoms with Crippen LogP contribution in [0.1, 0.15) is 52.5 Å². The maximum absolute atomic E-state index is 12.5. The van der Waals surface area contributed by atoms with Crippen molar-refractivity contribution >= 4 is 33.4 Å². The van der Waals surface area contributed by atoms with E-state index in [0.29, 0.717) is 25.9 Å². The first-order chi connectivity index (χ1) is 12.3. The van der Waals surface area contributed by atoms with Gasteiger partial charge in [-0.15, -0.1) is 0 Å². The van der Waals surface area contributed by atoms with Crippen LogP contribution >= 0.6 is 0 Å². The second kappa shape index (κ2) is 9.08. The van der Waals surface area contributed by atoms with Gasteiger partial charge in [-0.1, -0.05) is 36.4 Å². The first kappa shape index (κ1) is 20.3. The van der Waals surface area contributed by atoms with E-state index in [-0.39, 0.29) is 5.97 Å². The molecule has 1 atom stereocenters. The van der Waals surface area contributed by atoms with Crippen LogP contribution in [0.15, 0.2) is 46.9 Å². The van der Waals surface area contributed by atoms with Crippen LogP contribution in [0.5, 0.6) is 0 Å². The zero-order valence-electron chi connectivity index (χ0n) is 16.0. The molecule has 2 aromatic rings. The number of fused-ring (bicyclic) bond motifs is 1. The van der Waals surface area contributed by atoms with E-state index in [0.717, 1.165) is 22.0 Å². The lowest BCUT2D eigenvalue weighted by Crippen LogP contribution is -2.21. The molecule has 140 valence electrons. The molecule has 0 bridgehead atoms. The van der Waals surface area contributed by atoms with Crippen LogP contribution in [0.25, 0.3) is 10.8 Å². The van der Waals surface area contributed by atoms with Gasteiger partial charge in [-0.05, 0) is 62.9 Å². The highest BCUT2D eigenvalue weighted by atomic mass is 32.2. The summed E-state index contributed by atoms with van der Waals surface area (Å²) in [6.45, 7) is 7.90. The number of carbonyl (C=O) groups is 1. The van der Waals surface area contributed by atoms with Crippen molar-refractivity contribution in [1.82, 2.24) is 0 Å². The number of carbonyl (C=O) groups excluding carboxylic acids is 1. The standard InChI is InChI=1S/C21H27NO3S/c1-5-25-20(23)12-8-11-19(22-26(24)21(2,3)4)18-14-13-16-9-6-7-10-17(16)15-18/h6-7,9-10,13-15H,5,8,11-12H2,1-4H3/b22-19+/t26-/m1/s1. The van der Waals surface area contributed by atoms with E-state index in [2.05, 4.69) is 22.6 Å². The van der Waals surface area contributed by atoms with E-state index in [9.17, 15) is 9.00 Å². The van der Waals surface area contributed by atoms with Gasteiger partial charge in [-0.2, -0.15) is 4.40 Å². The number of rotatable bonds is 7. The minimum absolute atomic E-state index is 0.206. The smallest absolute Gasteiger partial charge is 0.305 e. The van der Waals surface area contributed by atoms with E-state index in [4.69, 9.17) is 4.74 Å². The molecule has 0 saturated carbocycles. The van der Waals surface area contributed by atoms with Crippen LogP contribution in [0.2, 0.25) is 0 Å². The van der Waals surface area contributed by atoms with Crippen molar-refractivity contribution in [2.75, 3.05) is 6.61 Å². The number of ether oxygens (including phenoxy) is 1. The summed E-state index contributed by atoms with van der Waals surface area (Å²) in [4.78, 5) is 11.6. The highest BCUT2D eigenvalue weighted by molar-refractivity contribution is 7.85. The fourth-order valence-electron chi connectivity index (χ4n) is 2.48. The van der Waals surface area contributed by atoms with E-state index >= 15 is 0 Å². The molecule has 0 amide bonds. The predicted molar refractivity (Wildman–Crippen MR) is 109 cm³/mol. The molecule has 5 heteroatoms. The maximum Gasteiger partial charge on any atom is 0.305 e. The molecule has 2 aromatic carbocycles. The molecule has 4 nitrogen and oxygen atoms in total. The zero-order chi connectivity index (χ0) is 19.2. The number of esters is 1. The van der Waals surface area contributed by atoms with Crippen LogP contribution in [-0.2, 0) is 20.5 Å². The Morgan fingerprint density at radius 2 is 1.77 bits per heavy atom. The molecule has 2 rings (SSSR count). The first-order valence-corrected chi connectivity index (χ1v) is 10.1. The van der Waals surface area contributed by atoms with E-state index < -0.39 is 15.7 Å². The van der Waals surface area contributed by atoms with Gasteiger partial charge in [0.25, 0.3) is 0 Å². The van der Waals surface area contributed by atoms with Crippen LogP contribution in [0.4, 0.5) is 0 Å². The molecule has 0 aliphatic carbocycles. The lowest BCUT2D eigenvalue weighted by Gasteiger charge is -2.15. The Morgan fingerprint density at radius 1 is 1.08 bits per heavy atom. The average Bonchev–Trinajstić information content (AvgIpc) is 2.59. The number of hydrogen-bond acceptors (Lipinski definition) is 3. The Hall–Kier alpha value is -2.01. The van der Waals surface area contributed by atoms with Gasteiger partial charge in [-0.3, -0.25) is 4.79 Å². The average molecular weight is 374 g/mol. The molecule has 0 fully saturated rings. The summed E-state index contributed by atoms with van der Waals surface area (Å²) < 4.78 is 21.6. The summed E-state index contributed by atoms with van der Waals surface area (Å²) in [7, 11) is -1.35. The second-order valence-electron chi connectivity index (χ2n) is 7.12. The highest BCUT2D eigenvalue weighted by Crippen LogP contribution is 2.20. The Bertz CT molecular complexity index is 821. The molecular formula is C21H27NO3S. The van der Waals surface area contributed by atoms with E-state index in [1.165, 1.54) is 0 Å². The minimum Gasteiger partial charge on any atom is -0.466 e. The third-order valence-corrected chi connectivity index (χ3v) is 5.33. The molecule has 0 aliphatic rings. The molecule has 0 radical (unpaired) electrons. The second-order valence-corrected chi connectivity index (χ2v) is 9.03. The molecule has 0 unspecified atom stereocenters. The van der Waals surface area contributed by atoms with Crippen LogP contribution in [0.3, 0.4) is 0 Å². The largest absolute Gasteiger partial charge is 0.466 e. The van der Waals surface area contributed by atoms with Gasteiger partial charge in [0.15, 0.2) is 0 Å². The molecular weight excluding hydrogens is 346 g/mol. The molecule has 0 spiro atoms. The Kier molecular flexibility index (Phi) is 7.09. The molecule has 0 aliphatic heterocycles. The maximum atomic E-state index is 12.5. The summed E-state index contributed by atoms with van der Waals surface area (Å²) in [5.74, 6) is -0.206. The van der Waals surface area contributed by atoms with Gasteiger partial charge in [0.05, 0.1) is 17.1 Å². The molecule has 0 saturated heterocycles. The van der Waals surface area contributed by atoms with Gasteiger partial charge in [0, 0.05) is 6.42 Å². The fourth-order valence-corrected chi connectivity index (χ4v) is 3.15. The zero-order valence-corrected chi connectivity index (χ0v) is 16.8. The first-order valence-electron chi connectivity index (χ1n) is 8.95. The molecule has 0 aromatic heterocycles. The van der Waals surface area contributed by atoms with Crippen LogP contribution < -0.4 is 0 Å². The van der Waals surface area contributed by atoms with Gasteiger partial charge >= 0.3 is 5.97 Å². The lowest BCUT2D eigenvalue weighted by atomic mass is 10.0. The third kappa shape index (κ3) is 5.77. The van der Waals surface area contributed by atoms with Crippen LogP contribution in [0, 0.1) is 0 Å². The van der Waals surface area contributed by atoms with Crippen molar-refractivity contribution in [3.63, 3.8) is 0 Å². The summed E-state index contributed by atoms with van der Waals surface area (Å²) >= 11 is 0. The van der Waals surface area contributed by atoms with Crippen LogP contribution in [-0.4, -0.2) is 27.2 Å². The summed E-state index contributed by atoms with van der Waals surface area (Å²) in [5, 5.41) is 2.27. The van der Waals surface area contributed by atoms with Crippen molar-refractivity contribution in [1.29, 1.82) is 0 Å². The third-order valence-electron chi connectivity index (χ3n) is 3.90. The lowest BCUT2D eigenvalue weighted by molar-refractivity contribution is -0.143. The van der Waals surface area contributed by atoms with Crippen molar-refractivity contribution in [3.8, 4) is 0 Å². The Morgan fingerprint density at radius 3 is 2.42 bits per heavy atom. The molecule has 0 heterocycles. The fraction of sp³-hybridized carbons (Fsp3) is 0.429. The van der Waals surface area contributed by atoms with Crippen molar-refractivity contribution in [3.05, 3.63) is 48.0 Å². The topological polar surface area (TPSA) is 55.7 Å². The Labute approximate surface area is 158 Å². The van der Waals surface area contributed by atoms with E-state index in [1.807, 2.05) is 45.0 Å². The van der Waals surface area contributed by atoms with Gasteiger partial charge in [-0.25, -0.2) is 4.21 Å². The SMILES string of the molecule is CCOC(=O)CCC/C(=N\[S@](=O)C(C)(C)C)c1ccc2ccccc2c1. The normalized spacial score (nSPS) is 13.6.